The second-order valence-electron chi connectivity index (χ2n) is 4.93. The van der Waals surface area contributed by atoms with E-state index in [9.17, 15) is 0 Å². The Morgan fingerprint density at radius 1 is 1.06 bits per heavy atom. The summed E-state index contributed by atoms with van der Waals surface area (Å²) in [5.74, 6) is 0.960. The minimum Gasteiger partial charge on any atom is -0.371 e. The van der Waals surface area contributed by atoms with Crippen LogP contribution in [0.5, 0.6) is 0 Å². The Morgan fingerprint density at radius 3 is 2.25 bits per heavy atom. The molecule has 86 valence electrons. The monoisotopic (exact) mass is 233 g/mol. The Labute approximate surface area is 103 Å². The lowest BCUT2D eigenvalue weighted by Crippen LogP contribution is -2.34. The summed E-state index contributed by atoms with van der Waals surface area (Å²) >= 11 is 4.34. The van der Waals surface area contributed by atoms with Gasteiger partial charge in [-0.05, 0) is 54.5 Å². The van der Waals surface area contributed by atoms with Crippen LogP contribution in [-0.2, 0) is 19.3 Å². The van der Waals surface area contributed by atoms with Crippen LogP contribution >= 0.6 is 12.6 Å². The van der Waals surface area contributed by atoms with Gasteiger partial charge in [0.15, 0.2) is 0 Å². The number of hydrogen-bond acceptors (Lipinski definition) is 2. The molecule has 2 aliphatic rings. The molecule has 0 unspecified atom stereocenters. The lowest BCUT2D eigenvalue weighted by Gasteiger charge is -2.37. The molecule has 0 amide bonds. The van der Waals surface area contributed by atoms with Crippen molar-refractivity contribution in [1.82, 2.24) is 0 Å². The van der Waals surface area contributed by atoms with E-state index >= 15 is 0 Å². The van der Waals surface area contributed by atoms with Gasteiger partial charge in [-0.3, -0.25) is 0 Å². The van der Waals surface area contributed by atoms with Crippen molar-refractivity contribution in [2.75, 3.05) is 23.7 Å². The predicted octanol–water partition coefficient (Wildman–Crippen LogP) is 2.86. The van der Waals surface area contributed by atoms with Crippen molar-refractivity contribution >= 4 is 18.3 Å². The number of nitrogens with zero attached hydrogens (tertiary/aromatic N) is 1. The van der Waals surface area contributed by atoms with Crippen LogP contribution < -0.4 is 4.90 Å². The average Bonchev–Trinajstić information content (AvgIpc) is 2.30. The molecule has 0 bridgehead atoms. The van der Waals surface area contributed by atoms with Gasteiger partial charge >= 0.3 is 0 Å². The highest BCUT2D eigenvalue weighted by Gasteiger charge is 2.23. The Kier molecular flexibility index (Phi) is 2.84. The number of benzene rings is 1. The lowest BCUT2D eigenvalue weighted by atomic mass is 9.89. The Hall–Kier alpha value is -0.630. The molecule has 0 spiro atoms. The fourth-order valence-electron chi connectivity index (χ4n) is 3.15. The van der Waals surface area contributed by atoms with Gasteiger partial charge in [-0.1, -0.05) is 12.1 Å². The lowest BCUT2D eigenvalue weighted by molar-refractivity contribution is 0.633. The molecule has 0 saturated carbocycles. The van der Waals surface area contributed by atoms with Gasteiger partial charge < -0.3 is 4.90 Å². The summed E-state index contributed by atoms with van der Waals surface area (Å²) in [5.41, 5.74) is 6.27. The molecule has 2 heteroatoms. The van der Waals surface area contributed by atoms with Gasteiger partial charge in [-0.15, -0.1) is 0 Å². The first kappa shape index (κ1) is 10.5. The highest BCUT2D eigenvalue weighted by Crippen LogP contribution is 2.36. The second-order valence-corrected chi connectivity index (χ2v) is 5.38. The smallest absolute Gasteiger partial charge is 0.0431 e. The first-order valence-electron chi connectivity index (χ1n) is 6.39. The molecule has 3 rings (SSSR count). The van der Waals surface area contributed by atoms with E-state index in [0.29, 0.717) is 0 Å². The predicted molar refractivity (Wildman–Crippen MR) is 72.9 cm³/mol. The fraction of sp³-hybridized carbons (Fsp3) is 0.571. The van der Waals surface area contributed by atoms with Crippen LogP contribution in [0.15, 0.2) is 12.1 Å². The topological polar surface area (TPSA) is 3.24 Å². The number of aryl methyl sites for hydroxylation is 3. The molecule has 1 aromatic carbocycles. The zero-order valence-electron chi connectivity index (χ0n) is 9.71. The van der Waals surface area contributed by atoms with Crippen molar-refractivity contribution in [3.05, 3.63) is 28.8 Å². The van der Waals surface area contributed by atoms with E-state index in [0.717, 1.165) is 12.2 Å². The summed E-state index contributed by atoms with van der Waals surface area (Å²) in [5, 5.41) is 0. The minimum atomic E-state index is 0.960. The molecular weight excluding hydrogens is 214 g/mol. The SMILES string of the molecule is SCCc1cc2c3c(c1)CCCN3CCC2. The van der Waals surface area contributed by atoms with E-state index in [1.807, 2.05) is 0 Å². The van der Waals surface area contributed by atoms with Gasteiger partial charge in [0.05, 0.1) is 0 Å². The van der Waals surface area contributed by atoms with Crippen LogP contribution in [0.2, 0.25) is 0 Å². The molecule has 0 aliphatic carbocycles. The Balaban J connectivity index is 2.06. The zero-order valence-corrected chi connectivity index (χ0v) is 10.6. The van der Waals surface area contributed by atoms with E-state index in [1.54, 1.807) is 16.8 Å². The molecule has 1 nitrogen and oxygen atoms in total. The maximum absolute atomic E-state index is 4.34. The molecule has 1 aromatic rings. The molecule has 16 heavy (non-hydrogen) atoms. The van der Waals surface area contributed by atoms with Crippen molar-refractivity contribution in [3.8, 4) is 0 Å². The molecule has 0 fully saturated rings. The van der Waals surface area contributed by atoms with Crippen LogP contribution in [-0.4, -0.2) is 18.8 Å². The summed E-state index contributed by atoms with van der Waals surface area (Å²) in [7, 11) is 0. The van der Waals surface area contributed by atoms with Crippen LogP contribution in [0, 0.1) is 0 Å². The molecule has 0 N–H and O–H groups in total. The van der Waals surface area contributed by atoms with Crippen molar-refractivity contribution in [1.29, 1.82) is 0 Å². The van der Waals surface area contributed by atoms with Crippen LogP contribution in [0.1, 0.15) is 29.5 Å². The third kappa shape index (κ3) is 1.73. The van der Waals surface area contributed by atoms with Crippen LogP contribution in [0.3, 0.4) is 0 Å². The minimum absolute atomic E-state index is 0.960. The van der Waals surface area contributed by atoms with E-state index in [4.69, 9.17) is 0 Å². The normalized spacial score (nSPS) is 18.4. The number of hydrogen-bond donors (Lipinski definition) is 1. The highest BCUT2D eigenvalue weighted by molar-refractivity contribution is 7.80. The average molecular weight is 233 g/mol. The quantitative estimate of drug-likeness (QED) is 0.769. The van der Waals surface area contributed by atoms with Crippen molar-refractivity contribution in [2.24, 2.45) is 0 Å². The number of anilines is 1. The van der Waals surface area contributed by atoms with Crippen LogP contribution in [0.4, 0.5) is 5.69 Å². The second kappa shape index (κ2) is 4.33. The van der Waals surface area contributed by atoms with Gasteiger partial charge in [0, 0.05) is 18.8 Å². The zero-order chi connectivity index (χ0) is 11.0. The van der Waals surface area contributed by atoms with Crippen molar-refractivity contribution in [3.63, 3.8) is 0 Å². The number of thiol groups is 1. The van der Waals surface area contributed by atoms with Gasteiger partial charge in [0.2, 0.25) is 0 Å². The Bertz CT molecular complexity index is 369. The highest BCUT2D eigenvalue weighted by atomic mass is 32.1. The standard InChI is InChI=1S/C14H19NS/c16-8-5-11-9-12-3-1-6-15-7-2-4-13(10-11)14(12)15/h9-10,16H,1-8H2. The summed E-state index contributed by atoms with van der Waals surface area (Å²) in [4.78, 5) is 2.60. The molecule has 0 atom stereocenters. The summed E-state index contributed by atoms with van der Waals surface area (Å²) in [6.45, 7) is 2.54. The van der Waals surface area contributed by atoms with E-state index in [-0.39, 0.29) is 0 Å². The number of rotatable bonds is 2. The maximum Gasteiger partial charge on any atom is 0.0431 e. The third-order valence-corrected chi connectivity index (χ3v) is 4.02. The van der Waals surface area contributed by atoms with E-state index < -0.39 is 0 Å². The maximum atomic E-state index is 4.34. The first-order valence-corrected chi connectivity index (χ1v) is 7.02. The van der Waals surface area contributed by atoms with Crippen molar-refractivity contribution in [2.45, 2.75) is 32.1 Å². The summed E-state index contributed by atoms with van der Waals surface area (Å²) in [6.07, 6.45) is 6.33. The molecule has 0 radical (unpaired) electrons. The third-order valence-electron chi connectivity index (χ3n) is 3.79. The van der Waals surface area contributed by atoms with Gasteiger partial charge in [0.1, 0.15) is 0 Å². The van der Waals surface area contributed by atoms with Crippen LogP contribution in [0.25, 0.3) is 0 Å². The first-order chi connectivity index (χ1) is 7.88. The van der Waals surface area contributed by atoms with Crippen molar-refractivity contribution < 1.29 is 0 Å². The Morgan fingerprint density at radius 2 is 1.69 bits per heavy atom. The van der Waals surface area contributed by atoms with E-state index in [1.165, 1.54) is 44.3 Å². The van der Waals surface area contributed by atoms with Gasteiger partial charge in [-0.25, -0.2) is 0 Å². The van der Waals surface area contributed by atoms with Gasteiger partial charge in [0.25, 0.3) is 0 Å². The summed E-state index contributed by atoms with van der Waals surface area (Å²) < 4.78 is 0. The molecular formula is C14H19NS. The molecule has 0 saturated heterocycles. The fourth-order valence-corrected chi connectivity index (χ4v) is 3.41. The van der Waals surface area contributed by atoms with Gasteiger partial charge in [-0.2, -0.15) is 12.6 Å². The molecule has 0 aromatic heterocycles. The van der Waals surface area contributed by atoms with E-state index in [2.05, 4.69) is 29.7 Å². The molecule has 2 heterocycles. The summed E-state index contributed by atoms with van der Waals surface area (Å²) in [6, 6.07) is 4.85. The largest absolute Gasteiger partial charge is 0.371 e. The molecule has 2 aliphatic heterocycles.